The molecule has 1 aliphatic rings. The molecule has 9 heteroatoms. The minimum atomic E-state index is -0.814. The van der Waals surface area contributed by atoms with Gasteiger partial charge in [0.2, 0.25) is 5.91 Å². The predicted molar refractivity (Wildman–Crippen MR) is 85.9 cm³/mol. The summed E-state index contributed by atoms with van der Waals surface area (Å²) < 4.78 is 0. The summed E-state index contributed by atoms with van der Waals surface area (Å²) in [5.41, 5.74) is 0.806. The highest BCUT2D eigenvalue weighted by atomic mass is 35.5. The van der Waals surface area contributed by atoms with E-state index in [9.17, 15) is 19.2 Å². The Labute approximate surface area is 141 Å². The van der Waals surface area contributed by atoms with Gasteiger partial charge in [-0.3, -0.25) is 24.1 Å². The first-order valence-electron chi connectivity index (χ1n) is 6.75. The fraction of sp³-hybridized carbons (Fsp3) is 0.286. The van der Waals surface area contributed by atoms with Gasteiger partial charge in [-0.15, -0.1) is 0 Å². The van der Waals surface area contributed by atoms with Crippen LogP contribution in [0, 0.1) is 0 Å². The van der Waals surface area contributed by atoms with E-state index >= 15 is 0 Å². The number of benzene rings is 1. The van der Waals surface area contributed by atoms with Crippen molar-refractivity contribution in [3.05, 3.63) is 34.9 Å². The van der Waals surface area contributed by atoms with Crippen molar-refractivity contribution in [3.8, 4) is 0 Å². The largest absolute Gasteiger partial charge is 0.346 e. The third-order valence-corrected chi connectivity index (χ3v) is 4.14. The smallest absolute Gasteiger partial charge is 0.309 e. The average Bonchev–Trinajstić information content (AvgIpc) is 2.85. The molecule has 1 aromatic carbocycles. The second kappa shape index (κ2) is 7.98. The van der Waals surface area contributed by atoms with Crippen LogP contribution in [0.15, 0.2) is 24.3 Å². The lowest BCUT2D eigenvalue weighted by atomic mass is 10.2. The summed E-state index contributed by atoms with van der Waals surface area (Å²) in [5.74, 6) is -1.77. The van der Waals surface area contributed by atoms with Crippen LogP contribution in [-0.4, -0.2) is 46.7 Å². The Bertz CT molecular complexity index is 619. The van der Waals surface area contributed by atoms with E-state index in [0.29, 0.717) is 5.02 Å². The van der Waals surface area contributed by atoms with Crippen LogP contribution >= 0.6 is 23.4 Å². The highest BCUT2D eigenvalue weighted by Gasteiger charge is 2.29. The van der Waals surface area contributed by atoms with Crippen LogP contribution in [0.1, 0.15) is 5.56 Å². The molecule has 0 radical (unpaired) electrons. The zero-order valence-electron chi connectivity index (χ0n) is 12.0. The first-order valence-corrected chi connectivity index (χ1v) is 8.11. The van der Waals surface area contributed by atoms with Gasteiger partial charge in [-0.2, -0.15) is 0 Å². The number of hydrogen-bond donors (Lipinski definition) is 2. The number of nitrogens with zero attached hydrogens (tertiary/aromatic N) is 1. The van der Waals surface area contributed by atoms with Crippen LogP contribution in [0.5, 0.6) is 0 Å². The molecule has 122 valence electrons. The monoisotopic (exact) mass is 355 g/mol. The van der Waals surface area contributed by atoms with Crippen LogP contribution < -0.4 is 10.6 Å². The molecule has 0 aliphatic carbocycles. The number of nitrogens with one attached hydrogen (secondary N) is 2. The first-order chi connectivity index (χ1) is 11.0. The van der Waals surface area contributed by atoms with Gasteiger partial charge in [0.15, 0.2) is 0 Å². The summed E-state index contributed by atoms with van der Waals surface area (Å²) in [7, 11) is 0. The number of rotatable bonds is 5. The Morgan fingerprint density at radius 3 is 2.39 bits per heavy atom. The van der Waals surface area contributed by atoms with Crippen LogP contribution in [-0.2, 0) is 20.9 Å². The van der Waals surface area contributed by atoms with E-state index in [1.165, 1.54) is 0 Å². The number of imide groups is 1. The molecule has 1 fully saturated rings. The van der Waals surface area contributed by atoms with Crippen LogP contribution in [0.4, 0.5) is 4.79 Å². The Hall–Kier alpha value is -2.06. The van der Waals surface area contributed by atoms with E-state index in [2.05, 4.69) is 10.6 Å². The zero-order chi connectivity index (χ0) is 16.8. The fourth-order valence-electron chi connectivity index (χ4n) is 1.82. The first kappa shape index (κ1) is 17.3. The molecule has 0 unspecified atom stereocenters. The van der Waals surface area contributed by atoms with Gasteiger partial charge in [0.1, 0.15) is 0 Å². The van der Waals surface area contributed by atoms with E-state index in [0.717, 1.165) is 22.2 Å². The third kappa shape index (κ3) is 4.97. The number of carbonyl (C=O) groups is 4. The SMILES string of the molecule is O=C(NCCN1C(=O)CSC1=O)C(=O)NCc1ccc(Cl)cc1. The van der Waals surface area contributed by atoms with Crippen molar-refractivity contribution in [1.82, 2.24) is 15.5 Å². The molecule has 1 saturated heterocycles. The summed E-state index contributed by atoms with van der Waals surface area (Å²) in [6, 6.07) is 6.85. The van der Waals surface area contributed by atoms with Crippen molar-refractivity contribution in [3.63, 3.8) is 0 Å². The lowest BCUT2D eigenvalue weighted by molar-refractivity contribution is -0.139. The van der Waals surface area contributed by atoms with Crippen molar-refractivity contribution in [1.29, 1.82) is 0 Å². The topological polar surface area (TPSA) is 95.6 Å². The standard InChI is InChI=1S/C14H14ClN3O4S/c15-10-3-1-9(2-4-10)7-17-13(21)12(20)16-5-6-18-11(19)8-23-14(18)22/h1-4H,5-8H2,(H,16,20)(H,17,21). The maximum atomic E-state index is 11.6. The van der Waals surface area contributed by atoms with E-state index in [1.54, 1.807) is 24.3 Å². The van der Waals surface area contributed by atoms with Crippen molar-refractivity contribution in [2.45, 2.75) is 6.54 Å². The van der Waals surface area contributed by atoms with Crippen LogP contribution in [0.2, 0.25) is 5.02 Å². The lowest BCUT2D eigenvalue weighted by Gasteiger charge is -2.13. The summed E-state index contributed by atoms with van der Waals surface area (Å²) >= 11 is 6.67. The van der Waals surface area contributed by atoms with Crippen molar-refractivity contribution in [2.24, 2.45) is 0 Å². The van der Waals surface area contributed by atoms with E-state index < -0.39 is 11.8 Å². The summed E-state index contributed by atoms with van der Waals surface area (Å²) in [5, 5.41) is 5.09. The Morgan fingerprint density at radius 1 is 1.13 bits per heavy atom. The molecular formula is C14H14ClN3O4S. The van der Waals surface area contributed by atoms with Crippen molar-refractivity contribution >= 4 is 46.3 Å². The maximum Gasteiger partial charge on any atom is 0.309 e. The molecule has 0 spiro atoms. The van der Waals surface area contributed by atoms with Gasteiger partial charge in [0.25, 0.3) is 5.24 Å². The molecule has 1 aromatic rings. The Kier molecular flexibility index (Phi) is 6.00. The van der Waals surface area contributed by atoms with Gasteiger partial charge >= 0.3 is 11.8 Å². The minimum Gasteiger partial charge on any atom is -0.346 e. The molecule has 0 aromatic heterocycles. The van der Waals surface area contributed by atoms with E-state index in [4.69, 9.17) is 11.6 Å². The molecule has 2 N–H and O–H groups in total. The number of carbonyl (C=O) groups excluding carboxylic acids is 4. The van der Waals surface area contributed by atoms with Gasteiger partial charge < -0.3 is 10.6 Å². The molecule has 7 nitrogen and oxygen atoms in total. The maximum absolute atomic E-state index is 11.6. The summed E-state index contributed by atoms with van der Waals surface area (Å²) in [4.78, 5) is 47.0. The molecule has 4 amide bonds. The molecule has 1 aliphatic heterocycles. The summed E-state index contributed by atoms with van der Waals surface area (Å²) in [6.45, 7) is 0.287. The van der Waals surface area contributed by atoms with Crippen LogP contribution in [0.3, 0.4) is 0 Å². The van der Waals surface area contributed by atoms with Crippen LogP contribution in [0.25, 0.3) is 0 Å². The van der Waals surface area contributed by atoms with E-state index in [1.807, 2.05) is 0 Å². The second-order valence-electron chi connectivity index (χ2n) is 4.67. The molecule has 0 saturated carbocycles. The Morgan fingerprint density at radius 2 is 1.78 bits per heavy atom. The quantitative estimate of drug-likeness (QED) is 0.760. The number of hydrogen-bond acceptors (Lipinski definition) is 5. The minimum absolute atomic E-state index is 0.0330. The van der Waals surface area contributed by atoms with Crippen molar-refractivity contribution in [2.75, 3.05) is 18.8 Å². The number of thioether (sulfide) groups is 1. The summed E-state index contributed by atoms with van der Waals surface area (Å²) in [6.07, 6.45) is 0. The molecule has 2 rings (SSSR count). The Balaban J connectivity index is 1.70. The second-order valence-corrected chi connectivity index (χ2v) is 6.03. The normalized spacial score (nSPS) is 14.0. The molecule has 1 heterocycles. The van der Waals surface area contributed by atoms with E-state index in [-0.39, 0.29) is 36.5 Å². The third-order valence-electron chi connectivity index (χ3n) is 3.03. The van der Waals surface area contributed by atoms with Crippen molar-refractivity contribution < 1.29 is 19.2 Å². The molecule has 0 bridgehead atoms. The van der Waals surface area contributed by atoms with Gasteiger partial charge in [-0.1, -0.05) is 35.5 Å². The van der Waals surface area contributed by atoms with Gasteiger partial charge in [0, 0.05) is 24.7 Å². The average molecular weight is 356 g/mol. The predicted octanol–water partition coefficient (Wildman–Crippen LogP) is 0.768. The van der Waals surface area contributed by atoms with Gasteiger partial charge in [-0.25, -0.2) is 0 Å². The number of halogens is 1. The zero-order valence-corrected chi connectivity index (χ0v) is 13.6. The number of amides is 4. The van der Waals surface area contributed by atoms with Gasteiger partial charge in [-0.05, 0) is 17.7 Å². The lowest BCUT2D eigenvalue weighted by Crippen LogP contribution is -2.43. The fourth-order valence-corrected chi connectivity index (χ4v) is 2.70. The molecule has 23 heavy (non-hydrogen) atoms. The van der Waals surface area contributed by atoms with Gasteiger partial charge in [0.05, 0.1) is 5.75 Å². The molecule has 0 atom stereocenters. The highest BCUT2D eigenvalue weighted by molar-refractivity contribution is 8.14. The molecular weight excluding hydrogens is 342 g/mol. The highest BCUT2D eigenvalue weighted by Crippen LogP contribution is 2.17.